The van der Waals surface area contributed by atoms with Crippen LogP contribution in [-0.2, 0) is 26.2 Å². The van der Waals surface area contributed by atoms with Crippen LogP contribution in [0.15, 0.2) is 65.6 Å². The number of aryl methyl sites for hydroxylation is 1. The summed E-state index contributed by atoms with van der Waals surface area (Å²) in [6.45, 7) is 6.43. The van der Waals surface area contributed by atoms with Crippen molar-refractivity contribution in [2.45, 2.75) is 45.2 Å². The lowest BCUT2D eigenvalue weighted by Crippen LogP contribution is -2.51. The van der Waals surface area contributed by atoms with E-state index in [-0.39, 0.29) is 34.5 Å². The third-order valence-electron chi connectivity index (χ3n) is 6.99. The zero-order valence-corrected chi connectivity index (χ0v) is 27.5. The minimum Gasteiger partial charge on any atom is -0.497 e. The van der Waals surface area contributed by atoms with Crippen LogP contribution in [0.25, 0.3) is 0 Å². The van der Waals surface area contributed by atoms with E-state index in [9.17, 15) is 28.1 Å². The van der Waals surface area contributed by atoms with Gasteiger partial charge in [0, 0.05) is 29.7 Å². The summed E-state index contributed by atoms with van der Waals surface area (Å²) in [5, 5.41) is 14.6. The number of sulfonamides is 1. The summed E-state index contributed by atoms with van der Waals surface area (Å²) in [6.07, 6.45) is 0. The monoisotopic (exact) mass is 660 g/mol. The first kappa shape index (κ1) is 35.1. The molecule has 1 N–H and O–H groups in total. The van der Waals surface area contributed by atoms with E-state index in [0.29, 0.717) is 17.9 Å². The number of carbonyl (C=O) groups excluding carboxylic acids is 2. The van der Waals surface area contributed by atoms with E-state index in [1.165, 1.54) is 56.4 Å². The molecule has 1 atom stereocenters. The molecule has 0 saturated heterocycles. The highest BCUT2D eigenvalue weighted by Crippen LogP contribution is 2.36. The number of nitrogens with zero attached hydrogens (tertiary/aromatic N) is 3. The van der Waals surface area contributed by atoms with Crippen LogP contribution < -0.4 is 19.1 Å². The fourth-order valence-corrected chi connectivity index (χ4v) is 6.05. The van der Waals surface area contributed by atoms with Gasteiger partial charge in [0.05, 0.1) is 29.7 Å². The van der Waals surface area contributed by atoms with Crippen molar-refractivity contribution in [1.29, 1.82) is 0 Å². The Balaban J connectivity index is 2.15. The van der Waals surface area contributed by atoms with Gasteiger partial charge in [-0.2, -0.15) is 0 Å². The Morgan fingerprint density at radius 1 is 1.02 bits per heavy atom. The van der Waals surface area contributed by atoms with E-state index >= 15 is 0 Å². The Labute approximate surface area is 268 Å². The molecule has 0 aromatic heterocycles. The number of nitrogens with one attached hydrogen (secondary N) is 1. The van der Waals surface area contributed by atoms with Crippen molar-refractivity contribution in [3.05, 3.63) is 86.9 Å². The molecule has 3 aromatic carbocycles. The quantitative estimate of drug-likeness (QED) is 0.188. The van der Waals surface area contributed by atoms with Crippen molar-refractivity contribution >= 4 is 44.8 Å². The number of ether oxygens (including phenoxy) is 2. The van der Waals surface area contributed by atoms with Gasteiger partial charge < -0.3 is 19.7 Å². The maximum Gasteiger partial charge on any atom is 0.273 e. The van der Waals surface area contributed by atoms with Crippen molar-refractivity contribution in [2.24, 2.45) is 5.92 Å². The molecule has 0 unspecified atom stereocenters. The predicted molar refractivity (Wildman–Crippen MR) is 171 cm³/mol. The number of hydrogen-bond donors (Lipinski definition) is 1. The number of methoxy groups -OCH3 is 2. The van der Waals surface area contributed by atoms with Gasteiger partial charge in [-0.25, -0.2) is 8.42 Å². The summed E-state index contributed by atoms with van der Waals surface area (Å²) < 4.78 is 40.0. The van der Waals surface area contributed by atoms with Crippen LogP contribution in [0.3, 0.4) is 0 Å². The molecule has 0 spiro atoms. The normalized spacial score (nSPS) is 11.9. The minimum atomic E-state index is -4.63. The van der Waals surface area contributed by atoms with Gasteiger partial charge in [-0.05, 0) is 61.7 Å². The van der Waals surface area contributed by atoms with Crippen LogP contribution in [-0.4, -0.2) is 63.4 Å². The summed E-state index contributed by atoms with van der Waals surface area (Å²) >= 11 is 6.26. The smallest absolute Gasteiger partial charge is 0.273 e. The van der Waals surface area contributed by atoms with Gasteiger partial charge in [-0.1, -0.05) is 43.6 Å². The maximum absolute atomic E-state index is 14.2. The van der Waals surface area contributed by atoms with Gasteiger partial charge in [-0.15, -0.1) is 0 Å². The number of carbonyl (C=O) groups is 2. The minimum absolute atomic E-state index is 0.0527. The molecule has 0 fully saturated rings. The molecule has 0 aliphatic heterocycles. The van der Waals surface area contributed by atoms with Crippen molar-refractivity contribution in [1.82, 2.24) is 10.2 Å². The van der Waals surface area contributed by atoms with Gasteiger partial charge in [0.25, 0.3) is 15.7 Å². The first-order valence-corrected chi connectivity index (χ1v) is 15.8. The average Bonchev–Trinajstić information content (AvgIpc) is 3.00. The van der Waals surface area contributed by atoms with Gasteiger partial charge in [-0.3, -0.25) is 24.0 Å². The zero-order valence-electron chi connectivity index (χ0n) is 25.9. The molecule has 0 heterocycles. The number of amides is 2. The first-order chi connectivity index (χ1) is 21.2. The van der Waals surface area contributed by atoms with Gasteiger partial charge in [0.15, 0.2) is 0 Å². The molecule has 45 heavy (non-hydrogen) atoms. The lowest BCUT2D eigenvalue weighted by molar-refractivity contribution is -0.385. The zero-order chi connectivity index (χ0) is 33.5. The standard InChI is InChI=1S/C31H37ClN4O8S/c1-20(2)17-33-31(38)22(4)34(18-23-8-7-9-25(14-23)43-5)30(37)19-35(28-15-24(32)11-13-29(28)44-6)45(41,42)26-12-10-21(3)27(16-26)36(39)40/h7-16,20,22H,17-19H2,1-6H3,(H,33,38)/t22-/m1/s1. The second-order valence-electron chi connectivity index (χ2n) is 10.7. The van der Waals surface area contributed by atoms with Crippen molar-refractivity contribution in [3.63, 3.8) is 0 Å². The molecule has 3 rings (SSSR count). The molecule has 0 bridgehead atoms. The molecule has 0 radical (unpaired) electrons. The van der Waals surface area contributed by atoms with E-state index in [4.69, 9.17) is 21.1 Å². The number of halogens is 1. The third kappa shape index (κ3) is 8.64. The van der Waals surface area contributed by atoms with Gasteiger partial charge >= 0.3 is 0 Å². The van der Waals surface area contributed by atoms with Crippen LogP contribution in [0.5, 0.6) is 11.5 Å². The first-order valence-electron chi connectivity index (χ1n) is 14.0. The Bertz CT molecular complexity index is 1660. The second kappa shape index (κ2) is 15.1. The van der Waals surface area contributed by atoms with E-state index < -0.39 is 49.9 Å². The van der Waals surface area contributed by atoms with Crippen LogP contribution in [0.1, 0.15) is 31.9 Å². The van der Waals surface area contributed by atoms with E-state index in [2.05, 4.69) is 5.32 Å². The molecular weight excluding hydrogens is 624 g/mol. The number of anilines is 1. The van der Waals surface area contributed by atoms with Crippen LogP contribution >= 0.6 is 11.6 Å². The summed E-state index contributed by atoms with van der Waals surface area (Å²) in [5.74, 6) is -0.385. The highest BCUT2D eigenvalue weighted by molar-refractivity contribution is 7.92. The molecular formula is C31H37ClN4O8S. The largest absolute Gasteiger partial charge is 0.497 e. The number of benzene rings is 3. The molecule has 0 aliphatic carbocycles. The van der Waals surface area contributed by atoms with Crippen LogP contribution in [0, 0.1) is 23.0 Å². The molecule has 12 nitrogen and oxygen atoms in total. The molecule has 14 heteroatoms. The van der Waals surface area contributed by atoms with Crippen molar-refractivity contribution < 1.29 is 32.4 Å². The Hall–Kier alpha value is -4.36. The predicted octanol–water partition coefficient (Wildman–Crippen LogP) is 4.96. The van der Waals surface area contributed by atoms with E-state index in [1.54, 1.807) is 31.2 Å². The maximum atomic E-state index is 14.2. The van der Waals surface area contributed by atoms with Crippen molar-refractivity contribution in [3.8, 4) is 11.5 Å². The van der Waals surface area contributed by atoms with Crippen LogP contribution in [0.2, 0.25) is 5.02 Å². The fourth-order valence-electron chi connectivity index (χ4n) is 4.45. The lowest BCUT2D eigenvalue weighted by atomic mass is 10.1. The van der Waals surface area contributed by atoms with Gasteiger partial charge in [0.2, 0.25) is 11.8 Å². The summed E-state index contributed by atoms with van der Waals surface area (Å²) in [7, 11) is -1.81. The third-order valence-corrected chi connectivity index (χ3v) is 8.98. The Morgan fingerprint density at radius 2 is 1.73 bits per heavy atom. The summed E-state index contributed by atoms with van der Waals surface area (Å²) in [5.41, 5.74) is 0.415. The molecule has 0 aliphatic rings. The number of rotatable bonds is 14. The molecule has 3 aromatic rings. The Morgan fingerprint density at radius 3 is 2.36 bits per heavy atom. The van der Waals surface area contributed by atoms with E-state index in [0.717, 1.165) is 10.4 Å². The number of nitro benzene ring substituents is 1. The highest BCUT2D eigenvalue weighted by atomic mass is 35.5. The molecule has 2 amide bonds. The van der Waals surface area contributed by atoms with Gasteiger partial charge in [0.1, 0.15) is 24.1 Å². The topological polar surface area (TPSA) is 148 Å². The second-order valence-corrected chi connectivity index (χ2v) is 13.0. The summed E-state index contributed by atoms with van der Waals surface area (Å²) in [6, 6.07) is 13.6. The fraction of sp³-hybridized carbons (Fsp3) is 0.355. The van der Waals surface area contributed by atoms with Crippen LogP contribution in [0.4, 0.5) is 11.4 Å². The average molecular weight is 661 g/mol. The number of nitro groups is 1. The van der Waals surface area contributed by atoms with Crippen molar-refractivity contribution in [2.75, 3.05) is 31.6 Å². The molecule has 0 saturated carbocycles. The summed E-state index contributed by atoms with van der Waals surface area (Å²) in [4.78, 5) is 39.2. The molecule has 242 valence electrons. The highest BCUT2D eigenvalue weighted by Gasteiger charge is 2.35. The lowest BCUT2D eigenvalue weighted by Gasteiger charge is -2.32. The number of hydrogen-bond acceptors (Lipinski definition) is 8. The SMILES string of the molecule is COc1cccc(CN(C(=O)CN(c2cc(Cl)ccc2OC)S(=O)(=O)c2ccc(C)c([N+](=O)[O-])c2)[C@H](C)C(=O)NCC(C)C)c1. The van der Waals surface area contributed by atoms with E-state index in [1.807, 2.05) is 13.8 Å². The Kier molecular flexibility index (Phi) is 11.8.